The van der Waals surface area contributed by atoms with Crippen molar-refractivity contribution in [3.63, 3.8) is 0 Å². The van der Waals surface area contributed by atoms with Crippen molar-refractivity contribution in [3.8, 4) is 0 Å². The van der Waals surface area contributed by atoms with E-state index in [-0.39, 0.29) is 23.9 Å². The number of amides is 1. The summed E-state index contributed by atoms with van der Waals surface area (Å²) in [6.07, 6.45) is 3.57. The zero-order valence-corrected chi connectivity index (χ0v) is 16.0. The summed E-state index contributed by atoms with van der Waals surface area (Å²) < 4.78 is 1.81. The summed E-state index contributed by atoms with van der Waals surface area (Å²) in [6.45, 7) is 2.01. The number of thioether (sulfide) groups is 1. The maximum Gasteiger partial charge on any atom is 0.232 e. The molecule has 0 radical (unpaired) electrons. The second-order valence-corrected chi connectivity index (χ2v) is 7.44. The van der Waals surface area contributed by atoms with Crippen molar-refractivity contribution < 1.29 is 4.79 Å². The minimum absolute atomic E-state index is 0.0405. The molecule has 3 atom stereocenters. The van der Waals surface area contributed by atoms with E-state index in [9.17, 15) is 4.79 Å². The van der Waals surface area contributed by atoms with E-state index in [1.54, 1.807) is 11.8 Å². The monoisotopic (exact) mass is 379 g/mol. The highest BCUT2D eigenvalue weighted by Crippen LogP contribution is 2.36. The average Bonchev–Trinajstić information content (AvgIpc) is 3.15. The lowest BCUT2D eigenvalue weighted by Gasteiger charge is -2.36. The van der Waals surface area contributed by atoms with Crippen LogP contribution in [-0.4, -0.2) is 33.0 Å². The lowest BCUT2D eigenvalue weighted by molar-refractivity contribution is -0.121. The van der Waals surface area contributed by atoms with Gasteiger partial charge in [0.05, 0.1) is 12.0 Å². The van der Waals surface area contributed by atoms with Gasteiger partial charge in [0, 0.05) is 16.6 Å². The molecule has 4 rings (SSSR count). The van der Waals surface area contributed by atoms with Crippen LogP contribution in [0, 0.1) is 5.92 Å². The Balaban J connectivity index is 1.71. The molecule has 7 heteroatoms. The summed E-state index contributed by atoms with van der Waals surface area (Å²) in [5.74, 6) is 0.311. The molecule has 1 aromatic heterocycles. The highest BCUT2D eigenvalue weighted by atomic mass is 32.2. The van der Waals surface area contributed by atoms with E-state index in [0.29, 0.717) is 5.95 Å². The van der Waals surface area contributed by atoms with Crippen molar-refractivity contribution >= 4 is 29.3 Å². The Morgan fingerprint density at radius 1 is 1.15 bits per heavy atom. The Morgan fingerprint density at radius 2 is 1.89 bits per heavy atom. The van der Waals surface area contributed by atoms with Gasteiger partial charge >= 0.3 is 0 Å². The molecule has 27 heavy (non-hydrogen) atoms. The number of carbonyl (C=O) groups is 1. The molecule has 138 valence electrons. The van der Waals surface area contributed by atoms with Gasteiger partial charge in [0.2, 0.25) is 11.9 Å². The molecule has 0 saturated heterocycles. The predicted molar refractivity (Wildman–Crippen MR) is 108 cm³/mol. The number of hydrogen-bond acceptors (Lipinski definition) is 5. The summed E-state index contributed by atoms with van der Waals surface area (Å²) in [6, 6.07) is 17.5. The maximum atomic E-state index is 13.2. The van der Waals surface area contributed by atoms with Crippen molar-refractivity contribution in [2.75, 3.05) is 16.9 Å². The van der Waals surface area contributed by atoms with Crippen molar-refractivity contribution in [3.05, 3.63) is 66.5 Å². The topological polar surface area (TPSA) is 71.8 Å². The molecule has 6 nitrogen and oxygen atoms in total. The quantitative estimate of drug-likeness (QED) is 0.677. The lowest BCUT2D eigenvalue weighted by Crippen LogP contribution is -2.46. The number of aromatic nitrogens is 3. The molecule has 3 unspecified atom stereocenters. The van der Waals surface area contributed by atoms with Gasteiger partial charge in [-0.3, -0.25) is 4.79 Å². The Kier molecular flexibility index (Phi) is 4.85. The lowest BCUT2D eigenvalue weighted by atomic mass is 9.85. The van der Waals surface area contributed by atoms with Crippen LogP contribution in [0.5, 0.6) is 0 Å². The van der Waals surface area contributed by atoms with Gasteiger partial charge in [0.15, 0.2) is 0 Å². The van der Waals surface area contributed by atoms with Crippen LogP contribution in [0.15, 0.2) is 65.8 Å². The molecule has 0 aliphatic carbocycles. The third-order valence-electron chi connectivity index (χ3n) is 4.87. The predicted octanol–water partition coefficient (Wildman–Crippen LogP) is 3.66. The number of rotatable bonds is 4. The molecule has 2 heterocycles. The summed E-state index contributed by atoms with van der Waals surface area (Å²) in [7, 11) is 0. The molecule has 1 aliphatic rings. The zero-order valence-electron chi connectivity index (χ0n) is 15.2. The van der Waals surface area contributed by atoms with Crippen molar-refractivity contribution in [1.29, 1.82) is 0 Å². The zero-order chi connectivity index (χ0) is 18.8. The number of para-hydroxylation sites is 1. The van der Waals surface area contributed by atoms with Crippen LogP contribution in [0.1, 0.15) is 18.5 Å². The van der Waals surface area contributed by atoms with Crippen LogP contribution in [0.2, 0.25) is 0 Å². The maximum absolute atomic E-state index is 13.2. The van der Waals surface area contributed by atoms with E-state index < -0.39 is 0 Å². The molecule has 0 fully saturated rings. The SMILES string of the molecule is CSc1ccc(C2C(C(=O)Nc3ccccc3)C(C)Nc3ncnn32)cc1. The van der Waals surface area contributed by atoms with Gasteiger partial charge in [-0.05, 0) is 43.0 Å². The molecule has 3 aromatic rings. The van der Waals surface area contributed by atoms with Crippen LogP contribution in [0.3, 0.4) is 0 Å². The first-order chi connectivity index (χ1) is 13.2. The van der Waals surface area contributed by atoms with Crippen LogP contribution in [-0.2, 0) is 4.79 Å². The number of carbonyl (C=O) groups excluding carboxylic acids is 1. The van der Waals surface area contributed by atoms with E-state index in [2.05, 4.69) is 45.0 Å². The molecule has 0 spiro atoms. The number of anilines is 2. The van der Waals surface area contributed by atoms with Crippen molar-refractivity contribution in [1.82, 2.24) is 14.8 Å². The molecule has 2 N–H and O–H groups in total. The second kappa shape index (κ2) is 7.44. The van der Waals surface area contributed by atoms with E-state index in [4.69, 9.17) is 0 Å². The first kappa shape index (κ1) is 17.6. The van der Waals surface area contributed by atoms with Gasteiger partial charge in [-0.2, -0.15) is 10.1 Å². The van der Waals surface area contributed by atoms with Crippen molar-refractivity contribution in [2.24, 2.45) is 5.92 Å². The van der Waals surface area contributed by atoms with Crippen molar-refractivity contribution in [2.45, 2.75) is 23.9 Å². The van der Waals surface area contributed by atoms with Gasteiger partial charge in [-0.15, -0.1) is 11.8 Å². The summed E-state index contributed by atoms with van der Waals surface area (Å²) in [5, 5.41) is 10.7. The summed E-state index contributed by atoms with van der Waals surface area (Å²) in [4.78, 5) is 18.7. The Hall–Kier alpha value is -2.80. The Labute approximate surface area is 162 Å². The molecular formula is C20H21N5OS. The fraction of sp³-hybridized carbons (Fsp3) is 0.250. The number of hydrogen-bond donors (Lipinski definition) is 2. The second-order valence-electron chi connectivity index (χ2n) is 6.56. The van der Waals surface area contributed by atoms with E-state index >= 15 is 0 Å². The standard InChI is InChI=1S/C20H21N5OS/c1-13-17(19(26)24-15-6-4-3-5-7-15)18(25-20(23-13)21-12-22-25)14-8-10-16(27-2)11-9-14/h3-13,17-18H,1-2H3,(H,24,26)(H,21,22,23). The minimum Gasteiger partial charge on any atom is -0.351 e. The van der Waals surface area contributed by atoms with Crippen LogP contribution < -0.4 is 10.6 Å². The highest BCUT2D eigenvalue weighted by Gasteiger charge is 2.41. The number of fused-ring (bicyclic) bond motifs is 1. The number of nitrogens with one attached hydrogen (secondary N) is 2. The van der Waals surface area contributed by atoms with Crippen LogP contribution >= 0.6 is 11.8 Å². The van der Waals surface area contributed by atoms with Crippen LogP contribution in [0.25, 0.3) is 0 Å². The molecule has 0 saturated carbocycles. The minimum atomic E-state index is -0.334. The Morgan fingerprint density at radius 3 is 2.59 bits per heavy atom. The first-order valence-electron chi connectivity index (χ1n) is 8.83. The summed E-state index contributed by atoms with van der Waals surface area (Å²) >= 11 is 1.69. The molecule has 0 bridgehead atoms. The highest BCUT2D eigenvalue weighted by molar-refractivity contribution is 7.98. The molecule has 2 aromatic carbocycles. The fourth-order valence-corrected chi connectivity index (χ4v) is 3.95. The third-order valence-corrected chi connectivity index (χ3v) is 5.62. The van der Waals surface area contributed by atoms with Gasteiger partial charge in [0.25, 0.3) is 0 Å². The number of benzene rings is 2. The normalized spacial score (nSPS) is 21.2. The molecule has 1 aliphatic heterocycles. The number of nitrogens with zero attached hydrogens (tertiary/aromatic N) is 3. The van der Waals surface area contributed by atoms with E-state index in [1.807, 2.05) is 48.2 Å². The van der Waals surface area contributed by atoms with Gasteiger partial charge in [0.1, 0.15) is 6.33 Å². The average molecular weight is 379 g/mol. The molecular weight excluding hydrogens is 358 g/mol. The van der Waals surface area contributed by atoms with E-state index in [0.717, 1.165) is 11.3 Å². The fourth-order valence-electron chi connectivity index (χ4n) is 3.54. The smallest absolute Gasteiger partial charge is 0.232 e. The third kappa shape index (κ3) is 3.42. The van der Waals surface area contributed by atoms with E-state index in [1.165, 1.54) is 11.2 Å². The molecule has 1 amide bonds. The van der Waals surface area contributed by atoms with Crippen LogP contribution in [0.4, 0.5) is 11.6 Å². The van der Waals surface area contributed by atoms with Gasteiger partial charge in [-0.25, -0.2) is 4.68 Å². The van der Waals surface area contributed by atoms with Gasteiger partial charge < -0.3 is 10.6 Å². The first-order valence-corrected chi connectivity index (χ1v) is 10.1. The largest absolute Gasteiger partial charge is 0.351 e. The van der Waals surface area contributed by atoms with Gasteiger partial charge in [-0.1, -0.05) is 30.3 Å². The Bertz CT molecular complexity index is 925. The summed E-state index contributed by atoms with van der Waals surface area (Å²) in [5.41, 5.74) is 1.83.